The summed E-state index contributed by atoms with van der Waals surface area (Å²) in [5.41, 5.74) is 0. The second-order valence-corrected chi connectivity index (χ2v) is 3.55. The number of hydrogen-bond donors (Lipinski definition) is 2. The highest BCUT2D eigenvalue weighted by molar-refractivity contribution is 5.66. The molecule has 1 saturated heterocycles. The third-order valence-corrected chi connectivity index (χ3v) is 2.50. The van der Waals surface area contributed by atoms with Crippen molar-refractivity contribution in [2.24, 2.45) is 5.92 Å². The molecule has 1 fully saturated rings. The number of hydrogen-bond acceptors (Lipinski definition) is 3. The van der Waals surface area contributed by atoms with E-state index in [9.17, 15) is 4.79 Å². The van der Waals surface area contributed by atoms with Gasteiger partial charge >= 0.3 is 5.97 Å². The van der Waals surface area contributed by atoms with Gasteiger partial charge in [0.1, 0.15) is 0 Å². The number of piperidine rings is 1. The first-order chi connectivity index (χ1) is 6.22. The third kappa shape index (κ3) is 3.74. The first-order valence-electron chi connectivity index (χ1n) is 4.67. The van der Waals surface area contributed by atoms with E-state index < -0.39 is 5.97 Å². The molecule has 0 bridgehead atoms. The van der Waals surface area contributed by atoms with Gasteiger partial charge in [0, 0.05) is 20.1 Å². The molecule has 2 atom stereocenters. The first kappa shape index (κ1) is 10.5. The van der Waals surface area contributed by atoms with Crippen LogP contribution in [0, 0.1) is 5.92 Å². The van der Waals surface area contributed by atoms with Gasteiger partial charge in [-0.2, -0.15) is 0 Å². The number of aliphatic carboxylic acids is 1. The standard InChI is InChI=1S/C9H17NO3/c1-13-8-4-7(5-10-6-8)2-3-9(11)12/h7-8,10H,2-6H2,1H3,(H,11,12)/t7-,8-/m0/s1. The molecule has 1 aliphatic heterocycles. The maximum absolute atomic E-state index is 10.3. The summed E-state index contributed by atoms with van der Waals surface area (Å²) in [7, 11) is 1.70. The first-order valence-corrected chi connectivity index (χ1v) is 4.67. The normalized spacial score (nSPS) is 28.7. The van der Waals surface area contributed by atoms with Crippen molar-refractivity contribution in [1.29, 1.82) is 0 Å². The van der Waals surface area contributed by atoms with Crippen molar-refractivity contribution in [3.05, 3.63) is 0 Å². The number of carboxylic acids is 1. The number of carbonyl (C=O) groups is 1. The van der Waals surface area contributed by atoms with Crippen LogP contribution in [0.25, 0.3) is 0 Å². The molecule has 0 unspecified atom stereocenters. The molecular formula is C9H17NO3. The average molecular weight is 187 g/mol. The van der Waals surface area contributed by atoms with Gasteiger partial charge in [-0.3, -0.25) is 4.79 Å². The second kappa shape index (κ2) is 5.19. The van der Waals surface area contributed by atoms with E-state index in [0.717, 1.165) is 25.9 Å². The molecule has 4 heteroatoms. The highest BCUT2D eigenvalue weighted by Gasteiger charge is 2.21. The van der Waals surface area contributed by atoms with Crippen LogP contribution in [0.2, 0.25) is 0 Å². The van der Waals surface area contributed by atoms with Crippen molar-refractivity contribution in [2.75, 3.05) is 20.2 Å². The minimum Gasteiger partial charge on any atom is -0.481 e. The van der Waals surface area contributed by atoms with E-state index in [1.807, 2.05) is 0 Å². The Hall–Kier alpha value is -0.610. The molecule has 76 valence electrons. The summed E-state index contributed by atoms with van der Waals surface area (Å²) in [4.78, 5) is 10.3. The zero-order valence-electron chi connectivity index (χ0n) is 7.95. The van der Waals surface area contributed by atoms with Crippen molar-refractivity contribution in [1.82, 2.24) is 5.32 Å². The monoisotopic (exact) mass is 187 g/mol. The summed E-state index contributed by atoms with van der Waals surface area (Å²) in [5, 5.41) is 11.8. The highest BCUT2D eigenvalue weighted by Crippen LogP contribution is 2.17. The van der Waals surface area contributed by atoms with Crippen molar-refractivity contribution < 1.29 is 14.6 Å². The van der Waals surface area contributed by atoms with Gasteiger partial charge in [0.05, 0.1) is 6.10 Å². The molecule has 13 heavy (non-hydrogen) atoms. The summed E-state index contributed by atoms with van der Waals surface area (Å²) in [6, 6.07) is 0. The minimum absolute atomic E-state index is 0.257. The van der Waals surface area contributed by atoms with Gasteiger partial charge < -0.3 is 15.2 Å². The van der Waals surface area contributed by atoms with Gasteiger partial charge in [-0.1, -0.05) is 0 Å². The van der Waals surface area contributed by atoms with E-state index in [2.05, 4.69) is 5.32 Å². The maximum atomic E-state index is 10.3. The van der Waals surface area contributed by atoms with Crippen molar-refractivity contribution in [2.45, 2.75) is 25.4 Å². The zero-order chi connectivity index (χ0) is 9.68. The van der Waals surface area contributed by atoms with Crippen LogP contribution in [0.5, 0.6) is 0 Å². The predicted molar refractivity (Wildman–Crippen MR) is 48.6 cm³/mol. The van der Waals surface area contributed by atoms with Crippen molar-refractivity contribution in [3.63, 3.8) is 0 Å². The highest BCUT2D eigenvalue weighted by atomic mass is 16.5. The lowest BCUT2D eigenvalue weighted by molar-refractivity contribution is -0.137. The Bertz CT molecular complexity index is 172. The Kier molecular flexibility index (Phi) is 4.18. The van der Waals surface area contributed by atoms with Crippen LogP contribution in [0.3, 0.4) is 0 Å². The van der Waals surface area contributed by atoms with Crippen LogP contribution >= 0.6 is 0 Å². The fraction of sp³-hybridized carbons (Fsp3) is 0.889. The van der Waals surface area contributed by atoms with Gasteiger partial charge in [-0.25, -0.2) is 0 Å². The largest absolute Gasteiger partial charge is 0.481 e. The smallest absolute Gasteiger partial charge is 0.303 e. The lowest BCUT2D eigenvalue weighted by Crippen LogP contribution is -2.40. The van der Waals surface area contributed by atoms with Gasteiger partial charge in [-0.15, -0.1) is 0 Å². The molecule has 0 aromatic rings. The van der Waals surface area contributed by atoms with E-state index in [0.29, 0.717) is 5.92 Å². The number of ether oxygens (including phenoxy) is 1. The summed E-state index contributed by atoms with van der Waals surface area (Å²) in [5.74, 6) is -0.255. The number of methoxy groups -OCH3 is 1. The third-order valence-electron chi connectivity index (χ3n) is 2.50. The molecule has 0 saturated carbocycles. The minimum atomic E-state index is -0.709. The Morgan fingerprint density at radius 3 is 3.00 bits per heavy atom. The summed E-state index contributed by atoms with van der Waals surface area (Å²) in [6.45, 7) is 1.81. The Balaban J connectivity index is 2.21. The number of nitrogens with one attached hydrogen (secondary N) is 1. The SMILES string of the molecule is CO[C@@H]1CNC[C@@H](CCC(=O)O)C1. The van der Waals surface area contributed by atoms with Crippen LogP contribution in [-0.4, -0.2) is 37.4 Å². The van der Waals surface area contributed by atoms with Gasteiger partial charge in [0.15, 0.2) is 0 Å². The van der Waals surface area contributed by atoms with E-state index in [4.69, 9.17) is 9.84 Å². The maximum Gasteiger partial charge on any atom is 0.303 e. The molecule has 0 aromatic carbocycles. The predicted octanol–water partition coefficient (Wildman–Crippen LogP) is 0.476. The molecule has 1 rings (SSSR count). The van der Waals surface area contributed by atoms with Gasteiger partial charge in [-0.05, 0) is 25.3 Å². The molecule has 0 radical (unpaired) electrons. The van der Waals surface area contributed by atoms with E-state index in [1.54, 1.807) is 7.11 Å². The van der Waals surface area contributed by atoms with Crippen LogP contribution < -0.4 is 5.32 Å². The molecule has 0 aromatic heterocycles. The second-order valence-electron chi connectivity index (χ2n) is 3.55. The molecule has 2 N–H and O–H groups in total. The fourth-order valence-corrected chi connectivity index (χ4v) is 1.71. The molecule has 1 heterocycles. The zero-order valence-corrected chi connectivity index (χ0v) is 7.95. The summed E-state index contributed by atoms with van der Waals surface area (Å²) < 4.78 is 5.22. The Morgan fingerprint density at radius 2 is 2.38 bits per heavy atom. The summed E-state index contributed by atoms with van der Waals surface area (Å²) in [6.07, 6.45) is 2.26. The number of carboxylic acid groups (broad SMARTS) is 1. The van der Waals surface area contributed by atoms with Crippen LogP contribution in [-0.2, 0) is 9.53 Å². The molecule has 0 amide bonds. The Morgan fingerprint density at radius 1 is 1.62 bits per heavy atom. The average Bonchev–Trinajstić information content (AvgIpc) is 2.15. The van der Waals surface area contributed by atoms with E-state index in [1.165, 1.54) is 0 Å². The van der Waals surface area contributed by atoms with Gasteiger partial charge in [0.2, 0.25) is 0 Å². The Labute approximate surface area is 78.3 Å². The van der Waals surface area contributed by atoms with Gasteiger partial charge in [0.25, 0.3) is 0 Å². The fourth-order valence-electron chi connectivity index (χ4n) is 1.71. The van der Waals surface area contributed by atoms with Crippen molar-refractivity contribution >= 4 is 5.97 Å². The van der Waals surface area contributed by atoms with E-state index >= 15 is 0 Å². The van der Waals surface area contributed by atoms with Crippen LogP contribution in [0.4, 0.5) is 0 Å². The lowest BCUT2D eigenvalue weighted by atomic mass is 9.93. The number of rotatable bonds is 4. The molecule has 4 nitrogen and oxygen atoms in total. The van der Waals surface area contributed by atoms with Crippen LogP contribution in [0.15, 0.2) is 0 Å². The van der Waals surface area contributed by atoms with E-state index in [-0.39, 0.29) is 12.5 Å². The quantitative estimate of drug-likeness (QED) is 0.672. The van der Waals surface area contributed by atoms with Crippen molar-refractivity contribution in [3.8, 4) is 0 Å². The molecular weight excluding hydrogens is 170 g/mol. The summed E-state index contributed by atoms with van der Waals surface area (Å²) >= 11 is 0. The van der Waals surface area contributed by atoms with Crippen LogP contribution in [0.1, 0.15) is 19.3 Å². The molecule has 1 aliphatic rings. The molecule has 0 aliphatic carbocycles. The lowest BCUT2D eigenvalue weighted by Gasteiger charge is -2.28. The topological polar surface area (TPSA) is 58.6 Å². The molecule has 0 spiro atoms.